The summed E-state index contributed by atoms with van der Waals surface area (Å²) in [6, 6.07) is 2.92. The van der Waals surface area contributed by atoms with Gasteiger partial charge < -0.3 is 14.7 Å². The first kappa shape index (κ1) is 20.5. The lowest BCUT2D eigenvalue weighted by atomic mass is 9.86. The third kappa shape index (κ3) is 3.83. The number of carbonyl (C=O) groups is 2. The predicted octanol–water partition coefficient (Wildman–Crippen LogP) is 0.308. The van der Waals surface area contributed by atoms with Gasteiger partial charge in [-0.25, -0.2) is 13.2 Å². The average molecular weight is 410 g/mol. The Balaban J connectivity index is 1.96. The standard InChI is InChI=1S/C18H27N5O4S/c1-4-21-12-18(10-16(21)24)13-22(17(25)20(2)3)8-9-23(14-18)28(26,27)15-6-5-7-19-11-15/h5-7,11H,4,8-10,12-14H2,1-3H3/t18-/m1/s1. The topological polar surface area (TPSA) is 94.1 Å². The van der Waals surface area contributed by atoms with Gasteiger partial charge in [0, 0.05) is 77.6 Å². The van der Waals surface area contributed by atoms with Crippen molar-refractivity contribution in [2.24, 2.45) is 5.41 Å². The Morgan fingerprint density at radius 2 is 2.00 bits per heavy atom. The summed E-state index contributed by atoms with van der Waals surface area (Å²) in [6.07, 6.45) is 3.08. The third-order valence-electron chi connectivity index (χ3n) is 5.37. The quantitative estimate of drug-likeness (QED) is 0.716. The number of hydrogen-bond donors (Lipinski definition) is 0. The first-order valence-corrected chi connectivity index (χ1v) is 10.8. The van der Waals surface area contributed by atoms with Crippen molar-refractivity contribution < 1.29 is 18.0 Å². The van der Waals surface area contributed by atoms with E-state index in [2.05, 4.69) is 4.98 Å². The lowest BCUT2D eigenvalue weighted by molar-refractivity contribution is -0.127. The Morgan fingerprint density at radius 1 is 1.25 bits per heavy atom. The van der Waals surface area contributed by atoms with Crippen LogP contribution in [0.2, 0.25) is 0 Å². The molecule has 0 aromatic carbocycles. The number of pyridine rings is 1. The van der Waals surface area contributed by atoms with E-state index in [1.807, 2.05) is 6.92 Å². The molecule has 2 aliphatic heterocycles. The summed E-state index contributed by atoms with van der Waals surface area (Å²) in [6.45, 7) is 3.92. The molecule has 2 fully saturated rings. The Morgan fingerprint density at radius 3 is 2.57 bits per heavy atom. The molecule has 1 aromatic rings. The SMILES string of the molecule is CCN1C[C@]2(CC1=O)CN(C(=O)N(C)C)CCN(S(=O)(=O)c1cccnc1)C2. The molecular formula is C18H27N5O4S. The van der Waals surface area contributed by atoms with Crippen LogP contribution in [0.1, 0.15) is 13.3 Å². The maximum absolute atomic E-state index is 13.2. The molecule has 10 heteroatoms. The van der Waals surface area contributed by atoms with Gasteiger partial charge in [-0.15, -0.1) is 0 Å². The second-order valence-electron chi connectivity index (χ2n) is 7.71. The number of hydrogen-bond acceptors (Lipinski definition) is 5. The summed E-state index contributed by atoms with van der Waals surface area (Å²) in [4.78, 5) is 34.0. The van der Waals surface area contributed by atoms with E-state index < -0.39 is 15.4 Å². The van der Waals surface area contributed by atoms with Gasteiger partial charge in [-0.3, -0.25) is 9.78 Å². The highest BCUT2D eigenvalue weighted by Crippen LogP contribution is 2.36. The van der Waals surface area contributed by atoms with Gasteiger partial charge in [-0.1, -0.05) is 0 Å². The van der Waals surface area contributed by atoms with Crippen molar-refractivity contribution in [3.05, 3.63) is 24.5 Å². The van der Waals surface area contributed by atoms with Gasteiger partial charge >= 0.3 is 6.03 Å². The number of amides is 3. The molecule has 0 aliphatic carbocycles. The van der Waals surface area contributed by atoms with Crippen LogP contribution in [0.3, 0.4) is 0 Å². The molecule has 0 radical (unpaired) electrons. The zero-order valence-electron chi connectivity index (χ0n) is 16.5. The molecule has 1 spiro atoms. The second-order valence-corrected chi connectivity index (χ2v) is 9.65. The van der Waals surface area contributed by atoms with Crippen LogP contribution in [0.4, 0.5) is 4.79 Å². The molecule has 0 saturated carbocycles. The normalized spacial score (nSPS) is 23.9. The summed E-state index contributed by atoms with van der Waals surface area (Å²) in [5, 5.41) is 0. The number of carbonyl (C=O) groups excluding carboxylic acids is 2. The zero-order chi connectivity index (χ0) is 20.5. The Hall–Kier alpha value is -2.20. The molecule has 28 heavy (non-hydrogen) atoms. The third-order valence-corrected chi connectivity index (χ3v) is 7.20. The van der Waals surface area contributed by atoms with Crippen LogP contribution in [0.25, 0.3) is 0 Å². The molecule has 154 valence electrons. The smallest absolute Gasteiger partial charge is 0.319 e. The minimum Gasteiger partial charge on any atom is -0.342 e. The fourth-order valence-electron chi connectivity index (χ4n) is 4.00. The van der Waals surface area contributed by atoms with E-state index in [1.54, 1.807) is 30.0 Å². The predicted molar refractivity (Wildman–Crippen MR) is 103 cm³/mol. The van der Waals surface area contributed by atoms with Crippen molar-refractivity contribution in [3.63, 3.8) is 0 Å². The molecule has 0 bridgehead atoms. The van der Waals surface area contributed by atoms with Crippen molar-refractivity contribution >= 4 is 22.0 Å². The molecular weight excluding hydrogens is 382 g/mol. The van der Waals surface area contributed by atoms with Crippen LogP contribution in [-0.2, 0) is 14.8 Å². The molecule has 3 heterocycles. The second kappa shape index (κ2) is 7.67. The van der Waals surface area contributed by atoms with Crippen molar-refractivity contribution in [1.82, 2.24) is 24.0 Å². The van der Waals surface area contributed by atoms with Crippen molar-refractivity contribution in [1.29, 1.82) is 0 Å². The van der Waals surface area contributed by atoms with Gasteiger partial charge in [0.1, 0.15) is 4.90 Å². The van der Waals surface area contributed by atoms with Gasteiger partial charge in [0.25, 0.3) is 0 Å². The molecule has 2 saturated heterocycles. The fraction of sp³-hybridized carbons (Fsp3) is 0.611. The highest BCUT2D eigenvalue weighted by molar-refractivity contribution is 7.89. The number of aromatic nitrogens is 1. The summed E-state index contributed by atoms with van der Waals surface area (Å²) in [5.74, 6) is 0.000350. The van der Waals surface area contributed by atoms with E-state index in [-0.39, 0.29) is 42.9 Å². The molecule has 3 rings (SSSR count). The molecule has 0 unspecified atom stereocenters. The van der Waals surface area contributed by atoms with E-state index >= 15 is 0 Å². The first-order valence-electron chi connectivity index (χ1n) is 9.33. The summed E-state index contributed by atoms with van der Waals surface area (Å²) in [5.41, 5.74) is -0.620. The first-order chi connectivity index (χ1) is 13.2. The van der Waals surface area contributed by atoms with E-state index in [0.717, 1.165) is 0 Å². The van der Waals surface area contributed by atoms with Crippen LogP contribution >= 0.6 is 0 Å². The van der Waals surface area contributed by atoms with Gasteiger partial charge in [-0.2, -0.15) is 4.31 Å². The lowest BCUT2D eigenvalue weighted by Gasteiger charge is -2.34. The van der Waals surface area contributed by atoms with Crippen LogP contribution in [0.15, 0.2) is 29.4 Å². The van der Waals surface area contributed by atoms with Gasteiger partial charge in [-0.05, 0) is 19.1 Å². The molecule has 3 amide bonds. The molecule has 1 aromatic heterocycles. The minimum atomic E-state index is -3.77. The summed E-state index contributed by atoms with van der Waals surface area (Å²) >= 11 is 0. The minimum absolute atomic E-state index is 0.000350. The van der Waals surface area contributed by atoms with Crippen molar-refractivity contribution in [2.75, 3.05) is 53.4 Å². The average Bonchev–Trinajstić information content (AvgIpc) is 2.85. The molecule has 0 N–H and O–H groups in total. The number of nitrogens with zero attached hydrogens (tertiary/aromatic N) is 5. The highest BCUT2D eigenvalue weighted by atomic mass is 32.2. The number of sulfonamides is 1. The number of urea groups is 1. The monoisotopic (exact) mass is 409 g/mol. The lowest BCUT2D eigenvalue weighted by Crippen LogP contribution is -2.47. The van der Waals surface area contributed by atoms with E-state index in [0.29, 0.717) is 19.6 Å². The van der Waals surface area contributed by atoms with Gasteiger partial charge in [0.15, 0.2) is 0 Å². The Bertz CT molecular complexity index is 845. The maximum atomic E-state index is 13.2. The van der Waals surface area contributed by atoms with E-state index in [9.17, 15) is 18.0 Å². The van der Waals surface area contributed by atoms with Crippen molar-refractivity contribution in [3.8, 4) is 0 Å². The van der Waals surface area contributed by atoms with E-state index in [4.69, 9.17) is 0 Å². The molecule has 9 nitrogen and oxygen atoms in total. The van der Waals surface area contributed by atoms with Crippen LogP contribution in [-0.4, -0.2) is 97.7 Å². The highest BCUT2D eigenvalue weighted by Gasteiger charge is 2.49. The zero-order valence-corrected chi connectivity index (χ0v) is 17.4. The number of likely N-dealkylation sites (tertiary alicyclic amines) is 1. The Labute approximate surface area is 166 Å². The summed E-state index contributed by atoms with van der Waals surface area (Å²) in [7, 11) is -0.433. The van der Waals surface area contributed by atoms with Gasteiger partial charge in [0.05, 0.1) is 0 Å². The van der Waals surface area contributed by atoms with E-state index in [1.165, 1.54) is 27.7 Å². The molecule has 2 aliphatic rings. The van der Waals surface area contributed by atoms with Crippen molar-refractivity contribution in [2.45, 2.75) is 18.2 Å². The summed E-state index contributed by atoms with van der Waals surface area (Å²) < 4.78 is 27.8. The maximum Gasteiger partial charge on any atom is 0.319 e. The van der Waals surface area contributed by atoms with Crippen LogP contribution in [0.5, 0.6) is 0 Å². The molecule has 1 atom stereocenters. The fourth-order valence-corrected chi connectivity index (χ4v) is 5.51. The Kier molecular flexibility index (Phi) is 5.62. The van der Waals surface area contributed by atoms with Crippen LogP contribution < -0.4 is 0 Å². The van der Waals surface area contributed by atoms with Crippen LogP contribution in [0, 0.1) is 5.41 Å². The van der Waals surface area contributed by atoms with Gasteiger partial charge in [0.2, 0.25) is 15.9 Å². The number of rotatable bonds is 3. The largest absolute Gasteiger partial charge is 0.342 e.